The molecule has 0 spiro atoms. The summed E-state index contributed by atoms with van der Waals surface area (Å²) in [5.74, 6) is -0.360. The van der Waals surface area contributed by atoms with Gasteiger partial charge in [0, 0.05) is 34.7 Å². The number of halogens is 1. The Labute approximate surface area is 155 Å². The van der Waals surface area contributed by atoms with E-state index in [9.17, 15) is 4.79 Å². The van der Waals surface area contributed by atoms with Crippen LogP contribution in [0.25, 0.3) is 10.9 Å². The third-order valence-corrected chi connectivity index (χ3v) is 3.98. The number of carboxylic acids is 1. The van der Waals surface area contributed by atoms with Crippen molar-refractivity contribution in [2.75, 3.05) is 6.61 Å². The van der Waals surface area contributed by atoms with Crippen LogP contribution in [0.4, 0.5) is 0 Å². The zero-order valence-electron chi connectivity index (χ0n) is 14.1. The zero-order chi connectivity index (χ0) is 18.5. The van der Waals surface area contributed by atoms with Crippen LogP contribution in [0.2, 0.25) is 5.02 Å². The second-order valence-corrected chi connectivity index (χ2v) is 6.13. The predicted molar refractivity (Wildman–Crippen MR) is 99.9 cm³/mol. The van der Waals surface area contributed by atoms with Crippen molar-refractivity contribution in [3.05, 3.63) is 64.8 Å². The van der Waals surface area contributed by atoms with Crippen molar-refractivity contribution in [3.8, 4) is 5.75 Å². The third-order valence-electron chi connectivity index (χ3n) is 3.74. The molecular weight excluding hydrogens is 356 g/mol. The van der Waals surface area contributed by atoms with Gasteiger partial charge < -0.3 is 19.2 Å². The van der Waals surface area contributed by atoms with E-state index < -0.39 is 12.6 Å². The molecule has 0 unspecified atom stereocenters. The highest BCUT2D eigenvalue weighted by Gasteiger charge is 2.07. The van der Waals surface area contributed by atoms with E-state index >= 15 is 0 Å². The summed E-state index contributed by atoms with van der Waals surface area (Å²) in [7, 11) is 1.92. The molecule has 3 rings (SSSR count). The molecule has 26 heavy (non-hydrogen) atoms. The van der Waals surface area contributed by atoms with E-state index in [0.717, 1.165) is 22.0 Å². The summed E-state index contributed by atoms with van der Waals surface area (Å²) < 4.78 is 7.81. The molecule has 1 N–H and O–H groups in total. The maximum Gasteiger partial charge on any atom is 0.344 e. The average molecular weight is 373 g/mol. The molecule has 0 saturated carbocycles. The minimum absolute atomic E-state index is 0.407. The summed E-state index contributed by atoms with van der Waals surface area (Å²) >= 11 is 5.99. The minimum Gasteiger partial charge on any atom is -0.489 e. The fourth-order valence-corrected chi connectivity index (χ4v) is 2.79. The summed E-state index contributed by atoms with van der Waals surface area (Å²) in [6.07, 6.45) is 3.38. The van der Waals surface area contributed by atoms with Gasteiger partial charge in [0.05, 0.1) is 6.21 Å². The van der Waals surface area contributed by atoms with Gasteiger partial charge in [0.1, 0.15) is 12.4 Å². The maximum absolute atomic E-state index is 10.5. The lowest BCUT2D eigenvalue weighted by Gasteiger charge is -2.07. The van der Waals surface area contributed by atoms with Crippen LogP contribution in [-0.2, 0) is 23.3 Å². The molecule has 7 heteroatoms. The van der Waals surface area contributed by atoms with Gasteiger partial charge in [0.2, 0.25) is 6.61 Å². The lowest BCUT2D eigenvalue weighted by atomic mass is 10.2. The maximum atomic E-state index is 10.5. The molecule has 0 aliphatic heterocycles. The van der Waals surface area contributed by atoms with Crippen molar-refractivity contribution in [1.29, 1.82) is 0 Å². The van der Waals surface area contributed by atoms with E-state index in [1.54, 1.807) is 0 Å². The van der Waals surface area contributed by atoms with E-state index in [1.807, 2.05) is 60.3 Å². The quantitative estimate of drug-likeness (QED) is 0.505. The Bertz CT molecular complexity index is 965. The van der Waals surface area contributed by atoms with E-state index in [2.05, 4.69) is 5.16 Å². The van der Waals surface area contributed by atoms with Gasteiger partial charge in [-0.1, -0.05) is 28.9 Å². The smallest absolute Gasteiger partial charge is 0.344 e. The molecule has 0 aliphatic rings. The molecule has 1 aromatic heterocycles. The molecule has 0 radical (unpaired) electrons. The fraction of sp³-hybridized carbons (Fsp3) is 0.158. The number of hydrogen-bond donors (Lipinski definition) is 1. The van der Waals surface area contributed by atoms with Gasteiger partial charge in [-0.15, -0.1) is 0 Å². The number of rotatable bonds is 7. The molecule has 0 bridgehead atoms. The highest BCUT2D eigenvalue weighted by Crippen LogP contribution is 2.25. The van der Waals surface area contributed by atoms with Crippen molar-refractivity contribution < 1.29 is 19.5 Å². The Morgan fingerprint density at radius 2 is 2.15 bits per heavy atom. The zero-order valence-corrected chi connectivity index (χ0v) is 14.8. The van der Waals surface area contributed by atoms with Crippen LogP contribution in [0.1, 0.15) is 11.1 Å². The number of carbonyl (C=O) groups is 1. The number of nitrogens with zero attached hydrogens (tertiary/aromatic N) is 2. The van der Waals surface area contributed by atoms with Crippen molar-refractivity contribution in [3.63, 3.8) is 0 Å². The average Bonchev–Trinajstić information content (AvgIpc) is 2.92. The van der Waals surface area contributed by atoms with Crippen LogP contribution in [-0.4, -0.2) is 28.5 Å². The summed E-state index contributed by atoms with van der Waals surface area (Å²) in [6.45, 7) is -0.0701. The van der Waals surface area contributed by atoms with E-state index in [0.29, 0.717) is 17.4 Å². The van der Waals surface area contributed by atoms with Crippen LogP contribution < -0.4 is 4.74 Å². The van der Waals surface area contributed by atoms with Crippen LogP contribution >= 0.6 is 11.6 Å². The topological polar surface area (TPSA) is 73.1 Å². The summed E-state index contributed by atoms with van der Waals surface area (Å²) in [5, 5.41) is 13.9. The van der Waals surface area contributed by atoms with E-state index in [-0.39, 0.29) is 0 Å². The van der Waals surface area contributed by atoms with Gasteiger partial charge in [0.25, 0.3) is 0 Å². The van der Waals surface area contributed by atoms with Crippen molar-refractivity contribution in [2.45, 2.75) is 6.61 Å². The minimum atomic E-state index is -1.07. The first-order valence-corrected chi connectivity index (χ1v) is 8.24. The fourth-order valence-electron chi connectivity index (χ4n) is 2.57. The number of aliphatic carboxylic acids is 1. The highest BCUT2D eigenvalue weighted by atomic mass is 35.5. The number of benzene rings is 2. The van der Waals surface area contributed by atoms with E-state index in [4.69, 9.17) is 26.3 Å². The lowest BCUT2D eigenvalue weighted by molar-refractivity contribution is -0.142. The SMILES string of the molecule is Cn1cc(C=NOCC(=O)O)c2cc(OCc3cccc(Cl)c3)ccc21. The van der Waals surface area contributed by atoms with Crippen LogP contribution in [0.15, 0.2) is 53.8 Å². The van der Waals surface area contributed by atoms with Gasteiger partial charge in [-0.25, -0.2) is 4.79 Å². The number of hydrogen-bond acceptors (Lipinski definition) is 4. The third kappa shape index (κ3) is 4.34. The normalized spacial score (nSPS) is 11.2. The molecule has 2 aromatic carbocycles. The molecule has 6 nitrogen and oxygen atoms in total. The predicted octanol–water partition coefficient (Wildman–Crippen LogP) is 3.85. The first kappa shape index (κ1) is 17.8. The molecule has 1 heterocycles. The van der Waals surface area contributed by atoms with E-state index in [1.165, 1.54) is 6.21 Å². The Kier molecular flexibility index (Phi) is 5.43. The Morgan fingerprint density at radius 1 is 1.31 bits per heavy atom. The first-order valence-electron chi connectivity index (χ1n) is 7.86. The molecule has 0 saturated heterocycles. The van der Waals surface area contributed by atoms with Gasteiger partial charge in [-0.3, -0.25) is 0 Å². The van der Waals surface area contributed by atoms with Crippen LogP contribution in [0.3, 0.4) is 0 Å². The second kappa shape index (κ2) is 7.93. The Balaban J connectivity index is 1.78. The number of fused-ring (bicyclic) bond motifs is 1. The van der Waals surface area contributed by atoms with Crippen molar-refractivity contribution in [2.24, 2.45) is 12.2 Å². The molecule has 0 fully saturated rings. The number of ether oxygens (including phenoxy) is 1. The number of aryl methyl sites for hydroxylation is 1. The lowest BCUT2D eigenvalue weighted by Crippen LogP contribution is -2.03. The van der Waals surface area contributed by atoms with Crippen molar-refractivity contribution >= 4 is 34.7 Å². The van der Waals surface area contributed by atoms with Crippen molar-refractivity contribution in [1.82, 2.24) is 4.57 Å². The van der Waals surface area contributed by atoms with Gasteiger partial charge in [-0.05, 0) is 35.9 Å². The summed E-state index contributed by atoms with van der Waals surface area (Å²) in [6, 6.07) is 13.3. The molecule has 0 aliphatic carbocycles. The number of aromatic nitrogens is 1. The monoisotopic (exact) mass is 372 g/mol. The Hall–Kier alpha value is -2.99. The molecule has 134 valence electrons. The second-order valence-electron chi connectivity index (χ2n) is 5.69. The van der Waals surface area contributed by atoms with Gasteiger partial charge in [0.15, 0.2) is 0 Å². The highest BCUT2D eigenvalue weighted by molar-refractivity contribution is 6.30. The molecule has 0 amide bonds. The first-order chi connectivity index (χ1) is 12.5. The standard InChI is InChI=1S/C19H17ClN2O4/c1-22-10-14(9-21-26-12-19(23)24)17-8-16(5-6-18(17)22)25-11-13-3-2-4-15(20)7-13/h2-10H,11-12H2,1H3,(H,23,24). The van der Waals surface area contributed by atoms with Crippen LogP contribution in [0.5, 0.6) is 5.75 Å². The van der Waals surface area contributed by atoms with Gasteiger partial charge in [-0.2, -0.15) is 0 Å². The molecular formula is C19H17ClN2O4. The van der Waals surface area contributed by atoms with Crippen LogP contribution in [0, 0.1) is 0 Å². The number of carboxylic acid groups (broad SMARTS) is 1. The largest absolute Gasteiger partial charge is 0.489 e. The van der Waals surface area contributed by atoms with Gasteiger partial charge >= 0.3 is 5.97 Å². The number of oxime groups is 1. The molecule has 0 atom stereocenters. The Morgan fingerprint density at radius 3 is 2.92 bits per heavy atom. The molecule has 3 aromatic rings. The summed E-state index contributed by atoms with van der Waals surface area (Å²) in [4.78, 5) is 15.2. The summed E-state index contributed by atoms with van der Waals surface area (Å²) in [5.41, 5.74) is 2.79.